The highest BCUT2D eigenvalue weighted by Crippen LogP contribution is 2.25. The highest BCUT2D eigenvalue weighted by Gasteiger charge is 2.17. The highest BCUT2D eigenvalue weighted by molar-refractivity contribution is 5.90. The fourth-order valence-electron chi connectivity index (χ4n) is 2.98. The Balaban J connectivity index is 1.96. The molecule has 0 radical (unpaired) electrons. The average molecular weight is 323 g/mol. The van der Waals surface area contributed by atoms with Crippen LogP contribution in [0, 0.1) is 6.92 Å². The fraction of sp³-hybridized carbons (Fsp3) is 0.263. The molecule has 1 heterocycles. The maximum Gasteiger partial charge on any atom is 0.222 e. The number of nitrogens with zero attached hydrogens (tertiary/aromatic N) is 2. The van der Waals surface area contributed by atoms with Crippen LogP contribution in [0.15, 0.2) is 48.7 Å². The molecule has 5 heteroatoms. The summed E-state index contributed by atoms with van der Waals surface area (Å²) < 4.78 is 1.91. The Labute approximate surface area is 140 Å². The first-order chi connectivity index (χ1) is 11.6. The molecule has 3 rings (SSSR count). The number of hydrogen-bond donors (Lipinski definition) is 2. The third-order valence-corrected chi connectivity index (χ3v) is 4.23. The van der Waals surface area contributed by atoms with Gasteiger partial charge < -0.3 is 10.4 Å². The molecule has 0 bridgehead atoms. The highest BCUT2D eigenvalue weighted by atomic mass is 16.3. The molecule has 0 unspecified atom stereocenters. The second kappa shape index (κ2) is 6.84. The van der Waals surface area contributed by atoms with E-state index in [0.717, 1.165) is 27.7 Å². The zero-order chi connectivity index (χ0) is 17.1. The minimum absolute atomic E-state index is 0.112. The van der Waals surface area contributed by atoms with Gasteiger partial charge in [-0.3, -0.25) is 4.79 Å². The molecule has 124 valence electrons. The van der Waals surface area contributed by atoms with E-state index in [1.807, 2.05) is 42.8 Å². The van der Waals surface area contributed by atoms with Gasteiger partial charge in [-0.25, -0.2) is 4.68 Å². The van der Waals surface area contributed by atoms with Crippen LogP contribution in [-0.4, -0.2) is 27.4 Å². The van der Waals surface area contributed by atoms with Crippen molar-refractivity contribution in [1.29, 1.82) is 0 Å². The molecule has 2 N–H and O–H groups in total. The molecule has 0 aliphatic rings. The third kappa shape index (κ3) is 3.03. The molecule has 0 saturated carbocycles. The molecule has 24 heavy (non-hydrogen) atoms. The number of carbonyl (C=O) groups excluding carboxylic acids is 1. The van der Waals surface area contributed by atoms with Gasteiger partial charge >= 0.3 is 0 Å². The first-order valence-corrected chi connectivity index (χ1v) is 8.04. The standard InChI is InChI=1S/C19H21N3O2/c1-13(21-19(24)10-11-23)17-12-20-22(14(17)2)18-9-5-7-15-6-3-4-8-16(15)18/h3-9,12-13,23H,10-11H2,1-2H3,(H,21,24)/t13-/m0/s1. The van der Waals surface area contributed by atoms with Gasteiger partial charge in [-0.15, -0.1) is 0 Å². The van der Waals surface area contributed by atoms with E-state index in [-0.39, 0.29) is 25.0 Å². The third-order valence-electron chi connectivity index (χ3n) is 4.23. The molecule has 1 amide bonds. The zero-order valence-electron chi connectivity index (χ0n) is 13.9. The summed E-state index contributed by atoms with van der Waals surface area (Å²) in [6, 6.07) is 14.2. The molecule has 1 aromatic heterocycles. The first-order valence-electron chi connectivity index (χ1n) is 8.04. The van der Waals surface area contributed by atoms with Crippen molar-refractivity contribution in [1.82, 2.24) is 15.1 Å². The van der Waals surface area contributed by atoms with E-state index in [0.29, 0.717) is 0 Å². The number of nitrogens with one attached hydrogen (secondary N) is 1. The number of benzene rings is 2. The number of aromatic nitrogens is 2. The van der Waals surface area contributed by atoms with E-state index in [1.165, 1.54) is 0 Å². The van der Waals surface area contributed by atoms with Crippen molar-refractivity contribution in [3.05, 3.63) is 59.9 Å². The van der Waals surface area contributed by atoms with E-state index in [2.05, 4.69) is 28.6 Å². The Bertz CT molecular complexity index is 865. The van der Waals surface area contributed by atoms with Crippen molar-refractivity contribution in [2.75, 3.05) is 6.61 Å². The summed E-state index contributed by atoms with van der Waals surface area (Å²) in [5.41, 5.74) is 2.98. The van der Waals surface area contributed by atoms with Gasteiger partial charge in [0.15, 0.2) is 0 Å². The summed E-state index contributed by atoms with van der Waals surface area (Å²) in [5.74, 6) is -0.165. The van der Waals surface area contributed by atoms with Crippen LogP contribution in [0.1, 0.15) is 30.6 Å². The number of hydrogen-bond acceptors (Lipinski definition) is 3. The summed E-state index contributed by atoms with van der Waals surface area (Å²) >= 11 is 0. The molecule has 0 aliphatic heterocycles. The van der Waals surface area contributed by atoms with E-state index < -0.39 is 0 Å². The van der Waals surface area contributed by atoms with Gasteiger partial charge in [0.05, 0.1) is 24.5 Å². The number of carbonyl (C=O) groups is 1. The molecule has 1 atom stereocenters. The zero-order valence-corrected chi connectivity index (χ0v) is 13.9. The van der Waals surface area contributed by atoms with Crippen molar-refractivity contribution in [2.24, 2.45) is 0 Å². The van der Waals surface area contributed by atoms with Crippen molar-refractivity contribution in [3.8, 4) is 5.69 Å². The Hall–Kier alpha value is -2.66. The van der Waals surface area contributed by atoms with Gasteiger partial charge in [0.2, 0.25) is 5.91 Å². The topological polar surface area (TPSA) is 67.2 Å². The van der Waals surface area contributed by atoms with Gasteiger partial charge in [0.1, 0.15) is 0 Å². The number of amides is 1. The Morgan fingerprint density at radius 3 is 2.79 bits per heavy atom. The molecular weight excluding hydrogens is 302 g/mol. The quantitative estimate of drug-likeness (QED) is 0.759. The second-order valence-corrected chi connectivity index (χ2v) is 5.86. The fourth-order valence-corrected chi connectivity index (χ4v) is 2.98. The van der Waals surface area contributed by atoms with Gasteiger partial charge in [-0.1, -0.05) is 36.4 Å². The lowest BCUT2D eigenvalue weighted by atomic mass is 10.1. The number of rotatable bonds is 5. The lowest BCUT2D eigenvalue weighted by Gasteiger charge is -2.14. The summed E-state index contributed by atoms with van der Waals surface area (Å²) in [6.45, 7) is 3.78. The summed E-state index contributed by atoms with van der Waals surface area (Å²) in [7, 11) is 0. The second-order valence-electron chi connectivity index (χ2n) is 5.86. The largest absolute Gasteiger partial charge is 0.396 e. The Kier molecular flexibility index (Phi) is 4.62. The maximum atomic E-state index is 11.7. The van der Waals surface area contributed by atoms with Gasteiger partial charge in [-0.2, -0.15) is 5.10 Å². The van der Waals surface area contributed by atoms with Crippen LogP contribution in [-0.2, 0) is 4.79 Å². The lowest BCUT2D eigenvalue weighted by Crippen LogP contribution is -2.27. The summed E-state index contributed by atoms with van der Waals surface area (Å²) in [6.07, 6.45) is 1.90. The van der Waals surface area contributed by atoms with E-state index in [4.69, 9.17) is 5.11 Å². The van der Waals surface area contributed by atoms with Gasteiger partial charge in [-0.05, 0) is 25.3 Å². The average Bonchev–Trinajstić information content (AvgIpc) is 2.96. The van der Waals surface area contributed by atoms with Crippen LogP contribution >= 0.6 is 0 Å². The molecule has 5 nitrogen and oxygen atoms in total. The van der Waals surface area contributed by atoms with Crippen molar-refractivity contribution in [3.63, 3.8) is 0 Å². The first kappa shape index (κ1) is 16.2. The van der Waals surface area contributed by atoms with Crippen molar-refractivity contribution in [2.45, 2.75) is 26.3 Å². The van der Waals surface area contributed by atoms with Crippen LogP contribution in [0.3, 0.4) is 0 Å². The van der Waals surface area contributed by atoms with Gasteiger partial charge in [0.25, 0.3) is 0 Å². The van der Waals surface area contributed by atoms with Crippen LogP contribution in [0.4, 0.5) is 0 Å². The monoisotopic (exact) mass is 323 g/mol. The molecule has 0 aliphatic carbocycles. The van der Waals surface area contributed by atoms with Crippen LogP contribution in [0.5, 0.6) is 0 Å². The SMILES string of the molecule is Cc1c([C@H](C)NC(=O)CCO)cnn1-c1cccc2ccccc12. The van der Waals surface area contributed by atoms with E-state index in [9.17, 15) is 4.79 Å². The van der Waals surface area contributed by atoms with Crippen molar-refractivity contribution >= 4 is 16.7 Å². The molecule has 0 saturated heterocycles. The molecule has 0 fully saturated rings. The lowest BCUT2D eigenvalue weighted by molar-refractivity contribution is -0.122. The number of aliphatic hydroxyl groups is 1. The summed E-state index contributed by atoms with van der Waals surface area (Å²) in [4.78, 5) is 11.7. The smallest absolute Gasteiger partial charge is 0.222 e. The molecule has 3 aromatic rings. The predicted octanol–water partition coefficient (Wildman–Crippen LogP) is 2.89. The van der Waals surface area contributed by atoms with Crippen LogP contribution in [0.25, 0.3) is 16.5 Å². The molecule has 2 aromatic carbocycles. The van der Waals surface area contributed by atoms with Gasteiger partial charge in [0, 0.05) is 23.1 Å². The predicted molar refractivity (Wildman–Crippen MR) is 94.1 cm³/mol. The Morgan fingerprint density at radius 2 is 2.00 bits per heavy atom. The van der Waals surface area contributed by atoms with E-state index >= 15 is 0 Å². The van der Waals surface area contributed by atoms with Crippen LogP contribution < -0.4 is 5.32 Å². The summed E-state index contributed by atoms with van der Waals surface area (Å²) in [5, 5.41) is 18.6. The number of fused-ring (bicyclic) bond motifs is 1. The normalized spacial score (nSPS) is 12.3. The molecular formula is C19H21N3O2. The van der Waals surface area contributed by atoms with Crippen LogP contribution in [0.2, 0.25) is 0 Å². The van der Waals surface area contributed by atoms with E-state index in [1.54, 1.807) is 6.20 Å². The van der Waals surface area contributed by atoms with Crippen molar-refractivity contribution < 1.29 is 9.90 Å². The maximum absolute atomic E-state index is 11.7. The molecule has 0 spiro atoms. The minimum Gasteiger partial charge on any atom is -0.396 e. The Morgan fingerprint density at radius 1 is 1.25 bits per heavy atom. The number of aliphatic hydroxyl groups excluding tert-OH is 1. The minimum atomic E-state index is -0.165.